The van der Waals surface area contributed by atoms with E-state index in [1.54, 1.807) is 48.5 Å². The molecule has 0 bridgehead atoms. The highest BCUT2D eigenvalue weighted by Crippen LogP contribution is 2.37. The van der Waals surface area contributed by atoms with Crippen LogP contribution in [-0.2, 0) is 11.4 Å². The van der Waals surface area contributed by atoms with Gasteiger partial charge in [-0.05, 0) is 69.5 Å². The number of hydrogen-bond donors (Lipinski definition) is 1. The molecule has 3 aromatic carbocycles. The smallest absolute Gasteiger partial charge is 0.264 e. The normalized spacial score (nSPS) is 12.3. The van der Waals surface area contributed by atoms with Gasteiger partial charge in [-0.15, -0.1) is 0 Å². The zero-order valence-electron chi connectivity index (χ0n) is 18.4. The van der Waals surface area contributed by atoms with Crippen LogP contribution in [0.2, 0.25) is 10.0 Å². The Hall–Kier alpha value is -3.20. The summed E-state index contributed by atoms with van der Waals surface area (Å²) in [6.07, 6.45) is 4.54. The first-order valence-electron chi connectivity index (χ1n) is 10.3. The molecule has 0 unspecified atom stereocenters. The molecule has 1 aliphatic rings. The second kappa shape index (κ2) is 11.5. The van der Waals surface area contributed by atoms with Gasteiger partial charge < -0.3 is 18.9 Å². The van der Waals surface area contributed by atoms with Crippen LogP contribution < -0.4 is 24.4 Å². The summed E-state index contributed by atoms with van der Waals surface area (Å²) in [4.78, 5) is 12.1. The lowest BCUT2D eigenvalue weighted by Crippen LogP contribution is -2.14. The number of carbonyl (C=O) groups excluding carboxylic acids is 1. The molecule has 0 saturated carbocycles. The SMILES string of the molecule is COc1cc(/C=N\NC(=O)/C=C/c2ccc3c(c2)OCO3)cc(Br)c1OCc1ccc(Cl)cc1Cl. The summed E-state index contributed by atoms with van der Waals surface area (Å²) in [5.41, 5.74) is 4.73. The lowest BCUT2D eigenvalue weighted by molar-refractivity contribution is -0.116. The first kappa shape index (κ1) is 24.9. The highest BCUT2D eigenvalue weighted by molar-refractivity contribution is 9.10. The molecule has 1 amide bonds. The average molecular weight is 578 g/mol. The van der Waals surface area contributed by atoms with E-state index < -0.39 is 0 Å². The Kier molecular flexibility index (Phi) is 8.17. The number of nitrogens with one attached hydrogen (secondary N) is 1. The molecule has 1 heterocycles. The molecule has 0 aliphatic carbocycles. The molecule has 7 nitrogen and oxygen atoms in total. The standard InChI is InChI=1S/C25H19BrCl2N2O5/c1-32-23-10-16(8-19(26)25(23)33-13-17-4-5-18(27)11-20(17)28)12-29-30-24(31)7-3-15-2-6-21-22(9-15)35-14-34-21/h2-12H,13-14H2,1H3,(H,30,31)/b7-3+,29-12-. The van der Waals surface area contributed by atoms with Gasteiger partial charge in [0, 0.05) is 21.7 Å². The van der Waals surface area contributed by atoms with Crippen molar-refractivity contribution < 1.29 is 23.7 Å². The van der Waals surface area contributed by atoms with E-state index in [0.717, 1.165) is 11.1 Å². The minimum atomic E-state index is -0.384. The van der Waals surface area contributed by atoms with Crippen LogP contribution in [0.4, 0.5) is 0 Å². The number of methoxy groups -OCH3 is 1. The highest BCUT2D eigenvalue weighted by Gasteiger charge is 2.14. The minimum absolute atomic E-state index is 0.197. The van der Waals surface area contributed by atoms with Gasteiger partial charge in [-0.2, -0.15) is 5.10 Å². The molecule has 0 spiro atoms. The van der Waals surface area contributed by atoms with Gasteiger partial charge in [0.2, 0.25) is 6.79 Å². The topological polar surface area (TPSA) is 78.4 Å². The average Bonchev–Trinajstić information content (AvgIpc) is 3.31. The summed E-state index contributed by atoms with van der Waals surface area (Å²) < 4.78 is 22.6. The number of fused-ring (bicyclic) bond motifs is 1. The first-order valence-corrected chi connectivity index (χ1v) is 11.8. The Morgan fingerprint density at radius 3 is 2.74 bits per heavy atom. The summed E-state index contributed by atoms with van der Waals surface area (Å²) in [6, 6.07) is 14.2. The van der Waals surface area contributed by atoms with E-state index in [4.69, 9.17) is 42.1 Å². The van der Waals surface area contributed by atoms with Crippen LogP contribution in [0.5, 0.6) is 23.0 Å². The van der Waals surface area contributed by atoms with Crippen molar-refractivity contribution in [3.63, 3.8) is 0 Å². The number of nitrogens with zero attached hydrogens (tertiary/aromatic N) is 1. The number of hydrogen-bond acceptors (Lipinski definition) is 6. The Labute approximate surface area is 220 Å². The molecule has 4 rings (SSSR count). The number of hydrazone groups is 1. The maximum absolute atomic E-state index is 12.1. The van der Waals surface area contributed by atoms with Gasteiger partial charge in [-0.1, -0.05) is 35.3 Å². The van der Waals surface area contributed by atoms with E-state index >= 15 is 0 Å². The van der Waals surface area contributed by atoms with Crippen LogP contribution in [0.25, 0.3) is 6.08 Å². The maximum atomic E-state index is 12.1. The van der Waals surface area contributed by atoms with Crippen molar-refractivity contribution in [3.05, 3.63) is 85.8 Å². The fourth-order valence-electron chi connectivity index (χ4n) is 3.14. The predicted molar refractivity (Wildman–Crippen MR) is 139 cm³/mol. The fourth-order valence-corrected chi connectivity index (χ4v) is 4.18. The number of halogens is 3. The van der Waals surface area contributed by atoms with Crippen molar-refractivity contribution in [2.45, 2.75) is 6.61 Å². The molecule has 0 saturated heterocycles. The fraction of sp³-hybridized carbons (Fsp3) is 0.120. The Bertz CT molecular complexity index is 1310. The second-order valence-corrected chi connectivity index (χ2v) is 8.94. The summed E-state index contributed by atoms with van der Waals surface area (Å²) in [7, 11) is 1.54. The Morgan fingerprint density at radius 2 is 1.94 bits per heavy atom. The van der Waals surface area contributed by atoms with Gasteiger partial charge in [0.15, 0.2) is 23.0 Å². The number of benzene rings is 3. The largest absolute Gasteiger partial charge is 0.493 e. The van der Waals surface area contributed by atoms with Crippen molar-refractivity contribution in [1.29, 1.82) is 0 Å². The molecule has 0 aromatic heterocycles. The Morgan fingerprint density at radius 1 is 1.11 bits per heavy atom. The maximum Gasteiger partial charge on any atom is 0.264 e. The van der Waals surface area contributed by atoms with Crippen molar-refractivity contribution in [2.75, 3.05) is 13.9 Å². The zero-order valence-corrected chi connectivity index (χ0v) is 21.5. The molecule has 0 radical (unpaired) electrons. The third-order valence-electron chi connectivity index (χ3n) is 4.85. The van der Waals surface area contributed by atoms with E-state index in [2.05, 4.69) is 26.5 Å². The number of amides is 1. The van der Waals surface area contributed by atoms with Crippen molar-refractivity contribution in [3.8, 4) is 23.0 Å². The molecule has 10 heteroatoms. The monoisotopic (exact) mass is 576 g/mol. The number of ether oxygens (including phenoxy) is 4. The summed E-state index contributed by atoms with van der Waals surface area (Å²) in [6.45, 7) is 0.423. The third-order valence-corrected chi connectivity index (χ3v) is 6.03. The quantitative estimate of drug-likeness (QED) is 0.195. The second-order valence-electron chi connectivity index (χ2n) is 7.24. The van der Waals surface area contributed by atoms with Crippen LogP contribution in [-0.4, -0.2) is 26.0 Å². The molecular weight excluding hydrogens is 559 g/mol. The number of carbonyl (C=O) groups is 1. The van der Waals surface area contributed by atoms with Crippen molar-refractivity contribution in [1.82, 2.24) is 5.43 Å². The zero-order chi connectivity index (χ0) is 24.8. The van der Waals surface area contributed by atoms with Gasteiger partial charge in [0.25, 0.3) is 5.91 Å². The van der Waals surface area contributed by atoms with E-state index in [0.29, 0.717) is 43.1 Å². The van der Waals surface area contributed by atoms with Crippen molar-refractivity contribution in [2.24, 2.45) is 5.10 Å². The van der Waals surface area contributed by atoms with Gasteiger partial charge >= 0.3 is 0 Å². The van der Waals surface area contributed by atoms with E-state index in [1.807, 2.05) is 6.07 Å². The van der Waals surface area contributed by atoms with Crippen LogP contribution in [0, 0.1) is 0 Å². The molecule has 0 atom stereocenters. The van der Waals surface area contributed by atoms with Crippen LogP contribution in [0.15, 0.2) is 64.2 Å². The Balaban J connectivity index is 1.37. The summed E-state index contributed by atoms with van der Waals surface area (Å²) >= 11 is 15.7. The highest BCUT2D eigenvalue weighted by atomic mass is 79.9. The van der Waals surface area contributed by atoms with Gasteiger partial charge in [-0.25, -0.2) is 5.43 Å². The number of rotatable bonds is 8. The van der Waals surface area contributed by atoms with E-state index in [1.165, 1.54) is 19.4 Å². The van der Waals surface area contributed by atoms with E-state index in [9.17, 15) is 4.79 Å². The van der Waals surface area contributed by atoms with E-state index in [-0.39, 0.29) is 19.3 Å². The van der Waals surface area contributed by atoms with Crippen LogP contribution in [0.1, 0.15) is 16.7 Å². The molecule has 1 aliphatic heterocycles. The van der Waals surface area contributed by atoms with Gasteiger partial charge in [0.1, 0.15) is 6.61 Å². The summed E-state index contributed by atoms with van der Waals surface area (Å²) in [5.74, 6) is 1.94. The molecule has 0 fully saturated rings. The lowest BCUT2D eigenvalue weighted by atomic mass is 10.2. The third kappa shape index (κ3) is 6.48. The molecule has 180 valence electrons. The van der Waals surface area contributed by atoms with Crippen molar-refractivity contribution >= 4 is 57.3 Å². The van der Waals surface area contributed by atoms with Gasteiger partial charge in [-0.3, -0.25) is 4.79 Å². The predicted octanol–water partition coefficient (Wildman–Crippen LogP) is 6.24. The summed E-state index contributed by atoms with van der Waals surface area (Å²) in [5, 5.41) is 5.07. The molecular formula is C25H19BrCl2N2O5. The molecule has 35 heavy (non-hydrogen) atoms. The van der Waals surface area contributed by atoms with Crippen LogP contribution in [0.3, 0.4) is 0 Å². The van der Waals surface area contributed by atoms with Gasteiger partial charge in [0.05, 0.1) is 17.8 Å². The molecule has 1 N–H and O–H groups in total. The molecule has 3 aromatic rings. The van der Waals surface area contributed by atoms with Crippen LogP contribution >= 0.6 is 39.1 Å². The minimum Gasteiger partial charge on any atom is -0.493 e. The first-order chi connectivity index (χ1) is 16.9. The lowest BCUT2D eigenvalue weighted by Gasteiger charge is -2.14.